The fourth-order valence-electron chi connectivity index (χ4n) is 3.67. The SMILES string of the molecule is N=C(C=C(N)C1CCCN(c2ccnc(-c3cnc4cnc(C(F)(F)F)cn34)n2)C1)C(F)(F)F. The minimum absolute atomic E-state index is 0.0460. The highest BCUT2D eigenvalue weighted by molar-refractivity contribution is 5.97. The van der Waals surface area contributed by atoms with E-state index in [2.05, 4.69) is 19.9 Å². The number of alkyl halides is 6. The van der Waals surface area contributed by atoms with Gasteiger partial charge in [-0.15, -0.1) is 0 Å². The number of fused-ring (bicyclic) bond motifs is 1. The number of nitrogens with one attached hydrogen (secondary N) is 1. The van der Waals surface area contributed by atoms with Crippen LogP contribution >= 0.6 is 0 Å². The highest BCUT2D eigenvalue weighted by atomic mass is 19.4. The maximum absolute atomic E-state index is 13.1. The second-order valence-electron chi connectivity index (χ2n) is 7.72. The molecule has 4 rings (SSSR count). The zero-order valence-corrected chi connectivity index (χ0v) is 17.4. The van der Waals surface area contributed by atoms with Gasteiger partial charge in [-0.1, -0.05) is 0 Å². The number of halogens is 6. The van der Waals surface area contributed by atoms with Gasteiger partial charge in [0.1, 0.15) is 17.2 Å². The molecule has 34 heavy (non-hydrogen) atoms. The molecular weight excluding hydrogens is 466 g/mol. The number of hydrogen-bond donors (Lipinski definition) is 2. The Labute approximate surface area is 188 Å². The number of allylic oxidation sites excluding steroid dienone is 1. The van der Waals surface area contributed by atoms with E-state index in [1.807, 2.05) is 4.90 Å². The van der Waals surface area contributed by atoms with Crippen LogP contribution in [0, 0.1) is 11.3 Å². The lowest BCUT2D eigenvalue weighted by molar-refractivity contribution is -0.141. The third-order valence-electron chi connectivity index (χ3n) is 5.39. The van der Waals surface area contributed by atoms with Crippen LogP contribution in [0.25, 0.3) is 17.2 Å². The fraction of sp³-hybridized carbons (Fsp3) is 0.350. The average Bonchev–Trinajstić information content (AvgIpc) is 3.21. The first kappa shape index (κ1) is 23.4. The molecule has 1 saturated heterocycles. The van der Waals surface area contributed by atoms with Crippen LogP contribution in [0.1, 0.15) is 18.5 Å². The highest BCUT2D eigenvalue weighted by Gasteiger charge is 2.34. The average molecular weight is 484 g/mol. The molecule has 4 heterocycles. The summed E-state index contributed by atoms with van der Waals surface area (Å²) in [4.78, 5) is 17.8. The van der Waals surface area contributed by atoms with Crippen molar-refractivity contribution in [3.63, 3.8) is 0 Å². The maximum Gasteiger partial charge on any atom is 0.434 e. The van der Waals surface area contributed by atoms with Crippen LogP contribution in [0.2, 0.25) is 0 Å². The van der Waals surface area contributed by atoms with Gasteiger partial charge in [-0.25, -0.2) is 19.9 Å². The zero-order chi connectivity index (χ0) is 24.7. The van der Waals surface area contributed by atoms with Gasteiger partial charge in [0.25, 0.3) is 0 Å². The molecule has 0 aromatic carbocycles. The molecule has 1 fully saturated rings. The van der Waals surface area contributed by atoms with Gasteiger partial charge in [0.05, 0.1) is 12.4 Å². The lowest BCUT2D eigenvalue weighted by atomic mass is 9.94. The smallest absolute Gasteiger partial charge is 0.402 e. The summed E-state index contributed by atoms with van der Waals surface area (Å²) in [6.07, 6.45) is -3.05. The van der Waals surface area contributed by atoms with Gasteiger partial charge in [0.15, 0.2) is 17.2 Å². The standard InChI is InChI=1S/C20H18F6N8/c21-19(22,23)14(28)6-12(27)11-2-1-5-33(9-11)16-3-4-29-18(32-16)13-7-31-17-8-30-15(10-34(13)17)20(24,25)26/h3-4,6-8,10-11,28H,1-2,5,9,27H2. The van der Waals surface area contributed by atoms with Gasteiger partial charge in [-0.05, 0) is 25.0 Å². The van der Waals surface area contributed by atoms with Crippen LogP contribution < -0.4 is 10.6 Å². The summed E-state index contributed by atoms with van der Waals surface area (Å²) in [5, 5.41) is 7.13. The number of piperidine rings is 1. The second-order valence-corrected chi connectivity index (χ2v) is 7.72. The zero-order valence-electron chi connectivity index (χ0n) is 17.4. The number of rotatable bonds is 4. The molecule has 0 amide bonds. The van der Waals surface area contributed by atoms with E-state index in [0.29, 0.717) is 31.3 Å². The van der Waals surface area contributed by atoms with Crippen molar-refractivity contribution in [3.8, 4) is 11.5 Å². The number of imidazole rings is 1. The highest BCUT2D eigenvalue weighted by Crippen LogP contribution is 2.30. The number of hydrogen-bond acceptors (Lipinski definition) is 7. The molecule has 1 unspecified atom stereocenters. The van der Waals surface area contributed by atoms with Crippen LogP contribution in [0.3, 0.4) is 0 Å². The van der Waals surface area contributed by atoms with Gasteiger partial charge >= 0.3 is 12.4 Å². The predicted octanol–water partition coefficient (Wildman–Crippen LogP) is 3.85. The summed E-state index contributed by atoms with van der Waals surface area (Å²) < 4.78 is 78.5. The van der Waals surface area contributed by atoms with E-state index >= 15 is 0 Å². The fourth-order valence-corrected chi connectivity index (χ4v) is 3.67. The molecule has 180 valence electrons. The third kappa shape index (κ3) is 4.79. The predicted molar refractivity (Wildman–Crippen MR) is 110 cm³/mol. The molecule has 0 aliphatic carbocycles. The molecule has 14 heteroatoms. The van der Waals surface area contributed by atoms with Crippen molar-refractivity contribution in [2.45, 2.75) is 25.2 Å². The van der Waals surface area contributed by atoms with Crippen LogP contribution in [-0.4, -0.2) is 49.3 Å². The van der Waals surface area contributed by atoms with E-state index in [9.17, 15) is 26.3 Å². The summed E-state index contributed by atoms with van der Waals surface area (Å²) >= 11 is 0. The first-order chi connectivity index (χ1) is 15.9. The van der Waals surface area contributed by atoms with Crippen molar-refractivity contribution in [2.75, 3.05) is 18.0 Å². The second kappa shape index (κ2) is 8.57. The summed E-state index contributed by atoms with van der Waals surface area (Å²) in [5.41, 5.74) is 3.59. The summed E-state index contributed by atoms with van der Waals surface area (Å²) in [5.74, 6) is 0.133. The summed E-state index contributed by atoms with van der Waals surface area (Å²) in [6, 6.07) is 1.59. The Kier molecular flexibility index (Phi) is 5.91. The third-order valence-corrected chi connectivity index (χ3v) is 5.39. The molecule has 0 bridgehead atoms. The number of nitrogens with two attached hydrogens (primary N) is 1. The Morgan fingerprint density at radius 1 is 1.12 bits per heavy atom. The van der Waals surface area contributed by atoms with E-state index in [0.717, 1.165) is 12.4 Å². The van der Waals surface area contributed by atoms with E-state index in [1.54, 1.807) is 6.07 Å². The molecular formula is C20H18F6N8. The van der Waals surface area contributed by atoms with Crippen molar-refractivity contribution in [1.29, 1.82) is 5.41 Å². The molecule has 0 saturated carbocycles. The van der Waals surface area contributed by atoms with Crippen LogP contribution in [0.15, 0.2) is 42.6 Å². The molecule has 3 aromatic heterocycles. The lowest BCUT2D eigenvalue weighted by Crippen LogP contribution is -2.38. The number of nitrogens with zero attached hydrogens (tertiary/aromatic N) is 6. The van der Waals surface area contributed by atoms with Gasteiger partial charge in [-0.3, -0.25) is 9.81 Å². The Hall–Kier alpha value is -3.71. The van der Waals surface area contributed by atoms with Gasteiger partial charge in [0.2, 0.25) is 0 Å². The van der Waals surface area contributed by atoms with Crippen molar-refractivity contribution in [2.24, 2.45) is 11.7 Å². The largest absolute Gasteiger partial charge is 0.434 e. The molecule has 3 N–H and O–H groups in total. The normalized spacial score (nSPS) is 17.9. The number of aromatic nitrogens is 5. The lowest BCUT2D eigenvalue weighted by Gasteiger charge is -2.34. The molecule has 1 atom stereocenters. The van der Waals surface area contributed by atoms with Crippen LogP contribution in [-0.2, 0) is 6.18 Å². The summed E-state index contributed by atoms with van der Waals surface area (Å²) in [7, 11) is 0. The first-order valence-corrected chi connectivity index (χ1v) is 10.0. The molecule has 3 aromatic rings. The molecule has 1 aliphatic rings. The Balaban J connectivity index is 1.61. The van der Waals surface area contributed by atoms with Crippen molar-refractivity contribution in [1.82, 2.24) is 24.3 Å². The molecule has 1 aliphatic heterocycles. The van der Waals surface area contributed by atoms with E-state index < -0.39 is 29.7 Å². The molecule has 8 nitrogen and oxygen atoms in total. The van der Waals surface area contributed by atoms with E-state index in [1.165, 1.54) is 16.8 Å². The van der Waals surface area contributed by atoms with Crippen molar-refractivity contribution in [3.05, 3.63) is 48.3 Å². The maximum atomic E-state index is 13.1. The van der Waals surface area contributed by atoms with E-state index in [4.69, 9.17) is 11.1 Å². The van der Waals surface area contributed by atoms with Crippen LogP contribution in [0.4, 0.5) is 32.2 Å². The molecule has 0 radical (unpaired) electrons. The van der Waals surface area contributed by atoms with E-state index in [-0.39, 0.29) is 29.4 Å². The quantitative estimate of drug-likeness (QED) is 0.430. The Morgan fingerprint density at radius 2 is 1.88 bits per heavy atom. The van der Waals surface area contributed by atoms with Gasteiger partial charge < -0.3 is 10.6 Å². The minimum atomic E-state index is -4.78. The first-order valence-electron chi connectivity index (χ1n) is 10.0. The van der Waals surface area contributed by atoms with Crippen molar-refractivity contribution >= 4 is 17.2 Å². The van der Waals surface area contributed by atoms with Crippen LogP contribution in [0.5, 0.6) is 0 Å². The number of anilines is 1. The minimum Gasteiger partial charge on any atom is -0.402 e. The summed E-state index contributed by atoms with van der Waals surface area (Å²) in [6.45, 7) is 0.811. The van der Waals surface area contributed by atoms with Crippen molar-refractivity contribution < 1.29 is 26.3 Å². The topological polar surface area (TPSA) is 109 Å². The van der Waals surface area contributed by atoms with Gasteiger partial charge in [-0.2, -0.15) is 26.3 Å². The Morgan fingerprint density at radius 3 is 2.59 bits per heavy atom. The van der Waals surface area contributed by atoms with Gasteiger partial charge in [0, 0.05) is 37.1 Å². The Bertz CT molecular complexity index is 1250. The molecule has 0 spiro atoms. The monoisotopic (exact) mass is 484 g/mol.